The largest absolute Gasteiger partial charge is 0.353 e. The lowest BCUT2D eigenvalue weighted by Crippen LogP contribution is -2.39. The molecule has 1 atom stereocenters. The fourth-order valence-electron chi connectivity index (χ4n) is 4.07. The van der Waals surface area contributed by atoms with Crippen LogP contribution in [0.2, 0.25) is 0 Å². The summed E-state index contributed by atoms with van der Waals surface area (Å²) in [6.45, 7) is 7.96. The summed E-state index contributed by atoms with van der Waals surface area (Å²) in [6, 6.07) is 3.88. The molecule has 0 saturated carbocycles. The minimum Gasteiger partial charge on any atom is -0.353 e. The minimum absolute atomic E-state index is 0.0259. The van der Waals surface area contributed by atoms with Gasteiger partial charge in [-0.25, -0.2) is 9.50 Å². The summed E-state index contributed by atoms with van der Waals surface area (Å²) >= 11 is 0. The summed E-state index contributed by atoms with van der Waals surface area (Å²) in [5.41, 5.74) is 2.54. The first-order chi connectivity index (χ1) is 14.4. The summed E-state index contributed by atoms with van der Waals surface area (Å²) in [5.74, 6) is 0.572. The number of anilines is 1. The Kier molecular flexibility index (Phi) is 5.36. The third kappa shape index (κ3) is 3.48. The van der Waals surface area contributed by atoms with Gasteiger partial charge in [0.15, 0.2) is 5.65 Å². The highest BCUT2D eigenvalue weighted by molar-refractivity contribution is 5.95. The van der Waals surface area contributed by atoms with E-state index in [0.29, 0.717) is 18.8 Å². The summed E-state index contributed by atoms with van der Waals surface area (Å²) in [7, 11) is 1.83. The van der Waals surface area contributed by atoms with Gasteiger partial charge in [0, 0.05) is 38.4 Å². The number of unbranched alkanes of at least 4 members (excludes halogenated alkanes) is 1. The van der Waals surface area contributed by atoms with Gasteiger partial charge in [-0.3, -0.25) is 19.0 Å². The molecule has 4 heterocycles. The lowest BCUT2D eigenvalue weighted by molar-refractivity contribution is 0.0938. The maximum absolute atomic E-state index is 12.9. The highest BCUT2D eigenvalue weighted by Gasteiger charge is 2.28. The Labute approximate surface area is 175 Å². The van der Waals surface area contributed by atoms with Crippen molar-refractivity contribution >= 4 is 17.4 Å². The first-order valence-electron chi connectivity index (χ1n) is 10.5. The number of nitrogens with one attached hydrogen (secondary N) is 1. The van der Waals surface area contributed by atoms with E-state index < -0.39 is 0 Å². The number of aryl methyl sites for hydroxylation is 1. The number of rotatable bonds is 6. The van der Waals surface area contributed by atoms with Crippen molar-refractivity contribution in [3.63, 3.8) is 0 Å². The van der Waals surface area contributed by atoms with E-state index in [4.69, 9.17) is 0 Å². The molecule has 0 radical (unpaired) electrons. The van der Waals surface area contributed by atoms with Gasteiger partial charge in [0.1, 0.15) is 11.4 Å². The van der Waals surface area contributed by atoms with Gasteiger partial charge in [-0.1, -0.05) is 13.3 Å². The van der Waals surface area contributed by atoms with Crippen LogP contribution in [0.1, 0.15) is 47.9 Å². The molecule has 160 valence electrons. The molecule has 1 N–H and O–H groups in total. The Bertz CT molecular complexity index is 1140. The number of carbonyl (C=O) groups is 1. The highest BCUT2D eigenvalue weighted by Crippen LogP contribution is 2.19. The van der Waals surface area contributed by atoms with E-state index in [9.17, 15) is 9.59 Å². The number of imidazole rings is 1. The molecule has 9 nitrogen and oxygen atoms in total. The van der Waals surface area contributed by atoms with E-state index in [1.807, 2.05) is 37.5 Å². The zero-order valence-corrected chi connectivity index (χ0v) is 18.1. The van der Waals surface area contributed by atoms with Crippen molar-refractivity contribution in [1.82, 2.24) is 29.3 Å². The number of nitrogens with zero attached hydrogens (tertiary/aromatic N) is 6. The molecule has 1 amide bonds. The zero-order chi connectivity index (χ0) is 21.4. The quantitative estimate of drug-likeness (QED) is 0.666. The van der Waals surface area contributed by atoms with Crippen LogP contribution in [0.4, 0.5) is 5.82 Å². The summed E-state index contributed by atoms with van der Waals surface area (Å²) in [6.07, 6.45) is 4.51. The van der Waals surface area contributed by atoms with Gasteiger partial charge in [-0.2, -0.15) is 0 Å². The van der Waals surface area contributed by atoms with Crippen LogP contribution in [0.3, 0.4) is 0 Å². The van der Waals surface area contributed by atoms with Crippen molar-refractivity contribution in [2.24, 2.45) is 7.05 Å². The fraction of sp³-hybridized carbons (Fsp3) is 0.524. The predicted molar refractivity (Wildman–Crippen MR) is 115 cm³/mol. The first-order valence-corrected chi connectivity index (χ1v) is 10.5. The second kappa shape index (κ2) is 7.97. The average Bonchev–Trinajstić information content (AvgIpc) is 3.39. The van der Waals surface area contributed by atoms with Gasteiger partial charge < -0.3 is 10.2 Å². The SMILES string of the molecule is CCCCn1c(=O)c(C(=O)N[C@H]2CCN(c3ccc4ncc(C)n4n3)C2)c(C)n1C. The number of amides is 1. The van der Waals surface area contributed by atoms with Gasteiger partial charge in [-0.15, -0.1) is 5.10 Å². The molecular formula is C21H29N7O2. The van der Waals surface area contributed by atoms with E-state index in [-0.39, 0.29) is 23.1 Å². The van der Waals surface area contributed by atoms with Crippen LogP contribution in [0.15, 0.2) is 23.1 Å². The van der Waals surface area contributed by atoms with Gasteiger partial charge >= 0.3 is 0 Å². The van der Waals surface area contributed by atoms with Crippen LogP contribution in [0.25, 0.3) is 5.65 Å². The average molecular weight is 412 g/mol. The van der Waals surface area contributed by atoms with E-state index in [1.54, 1.807) is 15.6 Å². The zero-order valence-electron chi connectivity index (χ0n) is 18.1. The van der Waals surface area contributed by atoms with E-state index in [2.05, 4.69) is 27.2 Å². The van der Waals surface area contributed by atoms with Crippen molar-refractivity contribution < 1.29 is 4.79 Å². The minimum atomic E-state index is -0.288. The van der Waals surface area contributed by atoms with Gasteiger partial charge in [0.25, 0.3) is 11.5 Å². The van der Waals surface area contributed by atoms with Crippen LogP contribution in [0, 0.1) is 13.8 Å². The van der Waals surface area contributed by atoms with E-state index in [0.717, 1.165) is 43.0 Å². The Balaban J connectivity index is 1.47. The smallest absolute Gasteiger partial charge is 0.279 e. The van der Waals surface area contributed by atoms with E-state index >= 15 is 0 Å². The second-order valence-corrected chi connectivity index (χ2v) is 8.03. The lowest BCUT2D eigenvalue weighted by Gasteiger charge is -2.18. The Morgan fingerprint density at radius 1 is 1.30 bits per heavy atom. The third-order valence-corrected chi connectivity index (χ3v) is 5.97. The molecule has 1 saturated heterocycles. The molecule has 0 spiro atoms. The molecule has 3 aromatic heterocycles. The molecule has 9 heteroatoms. The van der Waals surface area contributed by atoms with Crippen molar-refractivity contribution in [2.75, 3.05) is 18.0 Å². The number of carbonyl (C=O) groups excluding carboxylic acids is 1. The van der Waals surface area contributed by atoms with Crippen LogP contribution in [-0.4, -0.2) is 49.0 Å². The van der Waals surface area contributed by atoms with Crippen molar-refractivity contribution in [2.45, 2.75) is 52.6 Å². The number of aromatic nitrogens is 5. The normalized spacial score (nSPS) is 16.5. The molecule has 1 aliphatic rings. The van der Waals surface area contributed by atoms with Crippen molar-refractivity contribution in [3.05, 3.63) is 45.6 Å². The molecule has 1 fully saturated rings. The summed E-state index contributed by atoms with van der Waals surface area (Å²) < 4.78 is 5.27. The maximum Gasteiger partial charge on any atom is 0.279 e. The molecule has 1 aliphatic heterocycles. The maximum atomic E-state index is 12.9. The summed E-state index contributed by atoms with van der Waals surface area (Å²) in [4.78, 5) is 32.2. The molecular weight excluding hydrogens is 382 g/mol. The number of hydrogen-bond donors (Lipinski definition) is 1. The topological polar surface area (TPSA) is 89.5 Å². The summed E-state index contributed by atoms with van der Waals surface area (Å²) in [5, 5.41) is 7.73. The third-order valence-electron chi connectivity index (χ3n) is 5.97. The number of hydrogen-bond acceptors (Lipinski definition) is 5. The molecule has 4 rings (SSSR count). The standard InChI is InChI=1S/C21H29N7O2/c1-5-6-10-27-21(30)19(15(3)25(27)4)20(29)23-16-9-11-26(13-16)18-8-7-17-22-12-14(2)28(17)24-18/h7-8,12,16H,5-6,9-11,13H2,1-4H3,(H,23,29)/t16-/m0/s1. The van der Waals surface area contributed by atoms with Crippen LogP contribution in [0.5, 0.6) is 0 Å². The van der Waals surface area contributed by atoms with Gasteiger partial charge in [-0.05, 0) is 38.8 Å². The monoisotopic (exact) mass is 411 g/mol. The van der Waals surface area contributed by atoms with Crippen LogP contribution in [-0.2, 0) is 13.6 Å². The van der Waals surface area contributed by atoms with Gasteiger partial charge in [0.2, 0.25) is 0 Å². The molecule has 0 bridgehead atoms. The molecule has 0 unspecified atom stereocenters. The highest BCUT2D eigenvalue weighted by atomic mass is 16.2. The Morgan fingerprint density at radius 2 is 2.10 bits per heavy atom. The Hall–Kier alpha value is -3.10. The number of fused-ring (bicyclic) bond motifs is 1. The van der Waals surface area contributed by atoms with Crippen LogP contribution >= 0.6 is 0 Å². The van der Waals surface area contributed by atoms with Crippen molar-refractivity contribution in [1.29, 1.82) is 0 Å². The van der Waals surface area contributed by atoms with Crippen molar-refractivity contribution in [3.8, 4) is 0 Å². The lowest BCUT2D eigenvalue weighted by atomic mass is 10.2. The molecule has 3 aromatic rings. The van der Waals surface area contributed by atoms with E-state index in [1.165, 1.54) is 0 Å². The molecule has 0 aromatic carbocycles. The molecule has 0 aliphatic carbocycles. The van der Waals surface area contributed by atoms with Gasteiger partial charge in [0.05, 0.1) is 11.9 Å². The Morgan fingerprint density at radius 3 is 2.87 bits per heavy atom. The fourth-order valence-corrected chi connectivity index (χ4v) is 4.07. The molecule has 30 heavy (non-hydrogen) atoms. The second-order valence-electron chi connectivity index (χ2n) is 8.03. The van der Waals surface area contributed by atoms with Crippen LogP contribution < -0.4 is 15.8 Å². The predicted octanol–water partition coefficient (Wildman–Crippen LogP) is 1.66. The first kappa shape index (κ1) is 20.2.